The van der Waals surface area contributed by atoms with Crippen LogP contribution in [0.5, 0.6) is 11.6 Å². The third-order valence-corrected chi connectivity index (χ3v) is 3.72. The number of rotatable bonds is 3. The maximum atomic E-state index is 6.16. The molecule has 4 nitrogen and oxygen atoms in total. The number of benzene rings is 1. The number of halogens is 1. The molecular formula is C15H18ClN3O. The predicted molar refractivity (Wildman–Crippen MR) is 81.6 cm³/mol. The van der Waals surface area contributed by atoms with E-state index in [-0.39, 0.29) is 0 Å². The number of ether oxygens (including phenoxy) is 1. The van der Waals surface area contributed by atoms with E-state index in [9.17, 15) is 0 Å². The third-order valence-electron chi connectivity index (χ3n) is 3.13. The number of hydrogen-bond donors (Lipinski definition) is 1. The number of nitrogens with two attached hydrogens (primary N) is 1. The van der Waals surface area contributed by atoms with E-state index in [0.29, 0.717) is 29.7 Å². The highest BCUT2D eigenvalue weighted by molar-refractivity contribution is 6.32. The van der Waals surface area contributed by atoms with Gasteiger partial charge in [-0.05, 0) is 44.0 Å². The Hall–Kier alpha value is -1.81. The topological polar surface area (TPSA) is 61.0 Å². The summed E-state index contributed by atoms with van der Waals surface area (Å²) in [4.78, 5) is 8.59. The monoisotopic (exact) mass is 291 g/mol. The molecule has 0 atom stereocenters. The summed E-state index contributed by atoms with van der Waals surface area (Å²) in [6.07, 6.45) is 0.708. The van der Waals surface area contributed by atoms with Gasteiger partial charge >= 0.3 is 0 Å². The van der Waals surface area contributed by atoms with Gasteiger partial charge in [0, 0.05) is 11.4 Å². The van der Waals surface area contributed by atoms with Crippen molar-refractivity contribution in [3.63, 3.8) is 0 Å². The van der Waals surface area contributed by atoms with Crippen LogP contribution in [0.4, 0.5) is 5.82 Å². The van der Waals surface area contributed by atoms with Crippen molar-refractivity contribution in [2.75, 3.05) is 5.73 Å². The van der Waals surface area contributed by atoms with Gasteiger partial charge in [0.15, 0.2) is 0 Å². The average molecular weight is 292 g/mol. The first-order valence-corrected chi connectivity index (χ1v) is 6.87. The first kappa shape index (κ1) is 14.6. The van der Waals surface area contributed by atoms with Crippen molar-refractivity contribution < 1.29 is 4.74 Å². The first-order valence-electron chi connectivity index (χ1n) is 6.50. The molecule has 0 aliphatic carbocycles. The van der Waals surface area contributed by atoms with E-state index in [0.717, 1.165) is 21.7 Å². The Bertz CT molecular complexity index is 633. The van der Waals surface area contributed by atoms with E-state index in [1.54, 1.807) is 0 Å². The molecule has 1 aromatic heterocycles. The minimum absolute atomic E-state index is 0.453. The van der Waals surface area contributed by atoms with E-state index < -0.39 is 0 Å². The number of hydrogen-bond acceptors (Lipinski definition) is 4. The number of nitrogens with zero attached hydrogens (tertiary/aromatic N) is 2. The molecule has 0 aliphatic rings. The number of anilines is 1. The Morgan fingerprint density at radius 2 is 1.75 bits per heavy atom. The summed E-state index contributed by atoms with van der Waals surface area (Å²) in [5.41, 5.74) is 8.56. The Balaban J connectivity index is 2.42. The lowest BCUT2D eigenvalue weighted by Gasteiger charge is -2.12. The molecule has 2 rings (SSSR count). The molecule has 0 saturated carbocycles. The summed E-state index contributed by atoms with van der Waals surface area (Å²) in [7, 11) is 0. The van der Waals surface area contributed by atoms with Gasteiger partial charge in [-0.25, -0.2) is 4.98 Å². The zero-order chi connectivity index (χ0) is 14.9. The largest absolute Gasteiger partial charge is 0.439 e. The molecule has 1 heterocycles. The van der Waals surface area contributed by atoms with Gasteiger partial charge in [0.25, 0.3) is 0 Å². The van der Waals surface area contributed by atoms with E-state index >= 15 is 0 Å². The van der Waals surface area contributed by atoms with Crippen LogP contribution in [0.3, 0.4) is 0 Å². The normalized spacial score (nSPS) is 10.7. The Kier molecular flexibility index (Phi) is 4.14. The lowest BCUT2D eigenvalue weighted by Crippen LogP contribution is -2.04. The fourth-order valence-corrected chi connectivity index (χ4v) is 2.00. The molecule has 1 aromatic carbocycles. The van der Waals surface area contributed by atoms with Crippen molar-refractivity contribution in [1.29, 1.82) is 0 Å². The Morgan fingerprint density at radius 3 is 2.30 bits per heavy atom. The van der Waals surface area contributed by atoms with Gasteiger partial charge in [-0.15, -0.1) is 0 Å². The standard InChI is InChI=1S/C15H18ClN3O/c1-5-12-18-14(17)10(4)15(19-12)20-11-6-8(2)13(16)9(3)7-11/h6-7H,5H2,1-4H3,(H2,17,18,19). The molecule has 0 fully saturated rings. The summed E-state index contributed by atoms with van der Waals surface area (Å²) in [5, 5.41) is 0.755. The van der Waals surface area contributed by atoms with Crippen LogP contribution in [-0.2, 0) is 6.42 Å². The molecule has 0 bridgehead atoms. The molecule has 0 unspecified atom stereocenters. The summed E-state index contributed by atoms with van der Waals surface area (Å²) >= 11 is 6.16. The van der Waals surface area contributed by atoms with E-state index in [2.05, 4.69) is 9.97 Å². The lowest BCUT2D eigenvalue weighted by molar-refractivity contribution is 0.454. The summed E-state index contributed by atoms with van der Waals surface area (Å²) < 4.78 is 5.86. The van der Waals surface area contributed by atoms with Gasteiger partial charge in [0.1, 0.15) is 17.4 Å². The van der Waals surface area contributed by atoms with E-state index in [1.807, 2.05) is 39.8 Å². The predicted octanol–water partition coefficient (Wildman–Crippen LogP) is 3.99. The van der Waals surface area contributed by atoms with Gasteiger partial charge in [0.05, 0.1) is 5.56 Å². The average Bonchev–Trinajstić information content (AvgIpc) is 2.40. The Morgan fingerprint density at radius 1 is 1.15 bits per heavy atom. The van der Waals surface area contributed by atoms with Gasteiger partial charge in [-0.3, -0.25) is 0 Å². The van der Waals surface area contributed by atoms with Crippen LogP contribution < -0.4 is 10.5 Å². The molecule has 0 aliphatic heterocycles. The maximum Gasteiger partial charge on any atom is 0.227 e. The van der Waals surface area contributed by atoms with E-state index in [4.69, 9.17) is 22.1 Å². The molecule has 0 saturated heterocycles. The quantitative estimate of drug-likeness (QED) is 0.929. The van der Waals surface area contributed by atoms with Crippen molar-refractivity contribution in [2.24, 2.45) is 0 Å². The van der Waals surface area contributed by atoms with Crippen LogP contribution in [0.2, 0.25) is 5.02 Å². The van der Waals surface area contributed by atoms with Crippen molar-refractivity contribution in [3.8, 4) is 11.6 Å². The van der Waals surface area contributed by atoms with Gasteiger partial charge < -0.3 is 10.5 Å². The first-order chi connectivity index (χ1) is 9.42. The van der Waals surface area contributed by atoms with Crippen LogP contribution >= 0.6 is 11.6 Å². The van der Waals surface area contributed by atoms with Crippen LogP contribution in [0.1, 0.15) is 29.4 Å². The molecule has 0 spiro atoms. The molecule has 2 aromatic rings. The van der Waals surface area contributed by atoms with Crippen LogP contribution in [-0.4, -0.2) is 9.97 Å². The highest BCUT2D eigenvalue weighted by Gasteiger charge is 2.11. The van der Waals surface area contributed by atoms with Gasteiger partial charge in [-0.1, -0.05) is 18.5 Å². The summed E-state index contributed by atoms with van der Waals surface area (Å²) in [6, 6.07) is 3.78. The van der Waals surface area contributed by atoms with Gasteiger partial charge in [0.2, 0.25) is 5.88 Å². The number of aryl methyl sites for hydroxylation is 3. The van der Waals surface area contributed by atoms with Crippen LogP contribution in [0.15, 0.2) is 12.1 Å². The highest BCUT2D eigenvalue weighted by Crippen LogP contribution is 2.30. The highest BCUT2D eigenvalue weighted by atomic mass is 35.5. The second-order valence-electron chi connectivity index (χ2n) is 4.78. The third kappa shape index (κ3) is 2.85. The minimum atomic E-state index is 0.453. The number of nitrogen functional groups attached to an aromatic ring is 1. The molecule has 106 valence electrons. The zero-order valence-electron chi connectivity index (χ0n) is 12.1. The fraction of sp³-hybridized carbons (Fsp3) is 0.333. The van der Waals surface area contributed by atoms with Crippen molar-refractivity contribution in [2.45, 2.75) is 34.1 Å². The Labute approximate surface area is 124 Å². The van der Waals surface area contributed by atoms with Crippen LogP contribution in [0.25, 0.3) is 0 Å². The second kappa shape index (κ2) is 5.67. The smallest absolute Gasteiger partial charge is 0.227 e. The lowest BCUT2D eigenvalue weighted by atomic mass is 10.1. The molecule has 5 heteroatoms. The molecule has 20 heavy (non-hydrogen) atoms. The zero-order valence-corrected chi connectivity index (χ0v) is 12.9. The fourth-order valence-electron chi connectivity index (χ4n) is 1.89. The minimum Gasteiger partial charge on any atom is -0.439 e. The molecule has 0 radical (unpaired) electrons. The van der Waals surface area contributed by atoms with Crippen molar-refractivity contribution in [3.05, 3.63) is 39.7 Å². The van der Waals surface area contributed by atoms with Gasteiger partial charge in [-0.2, -0.15) is 4.98 Å². The summed E-state index contributed by atoms with van der Waals surface area (Å²) in [5.74, 6) is 2.32. The number of aromatic nitrogens is 2. The second-order valence-corrected chi connectivity index (χ2v) is 5.16. The van der Waals surface area contributed by atoms with Crippen molar-refractivity contribution >= 4 is 17.4 Å². The van der Waals surface area contributed by atoms with Crippen LogP contribution in [0, 0.1) is 20.8 Å². The molecule has 2 N–H and O–H groups in total. The molecular weight excluding hydrogens is 274 g/mol. The summed E-state index contributed by atoms with van der Waals surface area (Å²) in [6.45, 7) is 7.71. The van der Waals surface area contributed by atoms with Crippen molar-refractivity contribution in [1.82, 2.24) is 9.97 Å². The van der Waals surface area contributed by atoms with E-state index in [1.165, 1.54) is 0 Å². The SMILES string of the molecule is CCc1nc(N)c(C)c(Oc2cc(C)c(Cl)c(C)c2)n1. The maximum absolute atomic E-state index is 6.16. The molecule has 0 amide bonds.